The molecule has 0 atom stereocenters. The minimum Gasteiger partial charge on any atom is -0.478 e. The lowest BCUT2D eigenvalue weighted by molar-refractivity contribution is -0.131. The van der Waals surface area contributed by atoms with Crippen molar-refractivity contribution in [3.8, 4) is 0 Å². The maximum absolute atomic E-state index is 13.2. The van der Waals surface area contributed by atoms with Crippen LogP contribution in [0.5, 0.6) is 0 Å². The zero-order chi connectivity index (χ0) is 11.3. The van der Waals surface area contributed by atoms with Crippen molar-refractivity contribution in [3.63, 3.8) is 0 Å². The van der Waals surface area contributed by atoms with E-state index in [2.05, 4.69) is 0 Å². The van der Waals surface area contributed by atoms with Crippen molar-refractivity contribution in [2.45, 2.75) is 6.54 Å². The van der Waals surface area contributed by atoms with Crippen LogP contribution < -0.4 is 0 Å². The summed E-state index contributed by atoms with van der Waals surface area (Å²) in [6.45, 7) is 0.344. The Bertz CT molecular complexity index is 377. The van der Waals surface area contributed by atoms with E-state index in [1.165, 1.54) is 12.3 Å². The molecule has 1 aromatic rings. The van der Waals surface area contributed by atoms with Crippen LogP contribution in [0.2, 0.25) is 0 Å². The summed E-state index contributed by atoms with van der Waals surface area (Å²) in [5, 5.41) is 8.40. The largest absolute Gasteiger partial charge is 0.478 e. The van der Waals surface area contributed by atoms with Gasteiger partial charge in [0.1, 0.15) is 5.82 Å². The van der Waals surface area contributed by atoms with E-state index in [-0.39, 0.29) is 5.82 Å². The van der Waals surface area contributed by atoms with Gasteiger partial charge >= 0.3 is 5.97 Å². The average molecular weight is 209 g/mol. The van der Waals surface area contributed by atoms with Gasteiger partial charge in [0.15, 0.2) is 0 Å². The minimum absolute atomic E-state index is 0.284. The third kappa shape index (κ3) is 3.81. The molecular formula is C11H12FNO2. The van der Waals surface area contributed by atoms with Crippen LogP contribution in [0.25, 0.3) is 0 Å². The highest BCUT2D eigenvalue weighted by molar-refractivity contribution is 5.79. The van der Waals surface area contributed by atoms with Gasteiger partial charge < -0.3 is 10.0 Å². The minimum atomic E-state index is -1.02. The van der Waals surface area contributed by atoms with Crippen molar-refractivity contribution in [1.29, 1.82) is 0 Å². The van der Waals surface area contributed by atoms with Crippen molar-refractivity contribution in [1.82, 2.24) is 4.90 Å². The number of carboxylic acid groups (broad SMARTS) is 1. The van der Waals surface area contributed by atoms with Crippen molar-refractivity contribution in [2.75, 3.05) is 7.05 Å². The second-order valence-electron chi connectivity index (χ2n) is 3.16. The number of benzene rings is 1. The third-order valence-electron chi connectivity index (χ3n) is 1.85. The van der Waals surface area contributed by atoms with E-state index in [4.69, 9.17) is 5.11 Å². The van der Waals surface area contributed by atoms with Crippen LogP contribution >= 0.6 is 0 Å². The van der Waals surface area contributed by atoms with Gasteiger partial charge in [0.25, 0.3) is 0 Å². The Morgan fingerprint density at radius 2 is 2.20 bits per heavy atom. The second kappa shape index (κ2) is 5.14. The van der Waals surface area contributed by atoms with Gasteiger partial charge in [-0.1, -0.05) is 18.2 Å². The molecule has 0 heterocycles. The van der Waals surface area contributed by atoms with Gasteiger partial charge in [-0.2, -0.15) is 0 Å². The molecule has 1 aromatic carbocycles. The molecule has 15 heavy (non-hydrogen) atoms. The molecule has 0 fully saturated rings. The summed E-state index contributed by atoms with van der Waals surface area (Å²) < 4.78 is 13.2. The SMILES string of the molecule is CN(C=CC(=O)O)Cc1ccccc1F. The number of halogens is 1. The monoisotopic (exact) mass is 209 g/mol. The number of nitrogens with zero attached hydrogens (tertiary/aromatic N) is 1. The molecule has 1 N–H and O–H groups in total. The van der Waals surface area contributed by atoms with Gasteiger partial charge in [0.05, 0.1) is 0 Å². The van der Waals surface area contributed by atoms with Crippen LogP contribution in [0.15, 0.2) is 36.5 Å². The van der Waals surface area contributed by atoms with E-state index >= 15 is 0 Å². The molecular weight excluding hydrogens is 197 g/mol. The molecule has 1 rings (SSSR count). The van der Waals surface area contributed by atoms with E-state index in [0.29, 0.717) is 12.1 Å². The molecule has 3 nitrogen and oxygen atoms in total. The number of hydrogen-bond acceptors (Lipinski definition) is 2. The van der Waals surface area contributed by atoms with E-state index < -0.39 is 5.97 Å². The molecule has 4 heteroatoms. The fraction of sp³-hybridized carbons (Fsp3) is 0.182. The highest BCUT2D eigenvalue weighted by Gasteiger charge is 2.01. The summed E-state index contributed by atoms with van der Waals surface area (Å²) in [5.41, 5.74) is 0.537. The molecule has 0 aliphatic carbocycles. The van der Waals surface area contributed by atoms with Gasteiger partial charge in [-0.25, -0.2) is 9.18 Å². The first kappa shape index (κ1) is 11.2. The Hall–Kier alpha value is -1.84. The maximum Gasteiger partial charge on any atom is 0.329 e. The zero-order valence-electron chi connectivity index (χ0n) is 8.35. The standard InChI is InChI=1S/C11H12FNO2/c1-13(7-6-11(14)15)8-9-4-2-3-5-10(9)12/h2-7H,8H2,1H3,(H,14,15). The van der Waals surface area contributed by atoms with Crippen LogP contribution in [-0.4, -0.2) is 23.0 Å². The normalized spacial score (nSPS) is 10.5. The summed E-state index contributed by atoms with van der Waals surface area (Å²) in [4.78, 5) is 11.8. The van der Waals surface area contributed by atoms with E-state index in [1.807, 2.05) is 0 Å². The van der Waals surface area contributed by atoms with Gasteiger partial charge in [-0.15, -0.1) is 0 Å². The molecule has 0 saturated carbocycles. The molecule has 0 spiro atoms. The van der Waals surface area contributed by atoms with Gasteiger partial charge in [0.2, 0.25) is 0 Å². The Morgan fingerprint density at radius 3 is 2.80 bits per heavy atom. The zero-order valence-corrected chi connectivity index (χ0v) is 8.35. The van der Waals surface area contributed by atoms with Gasteiger partial charge in [-0.3, -0.25) is 0 Å². The van der Waals surface area contributed by atoms with Crippen molar-refractivity contribution >= 4 is 5.97 Å². The predicted octanol–water partition coefficient (Wildman–Crippen LogP) is 1.86. The Labute approximate surface area is 87.4 Å². The Kier molecular flexibility index (Phi) is 3.85. The first-order valence-electron chi connectivity index (χ1n) is 4.44. The van der Waals surface area contributed by atoms with Crippen LogP contribution in [0.3, 0.4) is 0 Å². The lowest BCUT2D eigenvalue weighted by atomic mass is 10.2. The first-order valence-corrected chi connectivity index (χ1v) is 4.44. The Balaban J connectivity index is 2.62. The van der Waals surface area contributed by atoms with Gasteiger partial charge in [-0.05, 0) is 6.07 Å². The molecule has 0 amide bonds. The van der Waals surface area contributed by atoms with E-state index in [9.17, 15) is 9.18 Å². The highest BCUT2D eigenvalue weighted by Crippen LogP contribution is 2.08. The smallest absolute Gasteiger partial charge is 0.329 e. The fourth-order valence-corrected chi connectivity index (χ4v) is 1.14. The second-order valence-corrected chi connectivity index (χ2v) is 3.16. The summed E-state index contributed by atoms with van der Waals surface area (Å²) in [6.07, 6.45) is 2.41. The molecule has 0 aliphatic heterocycles. The van der Waals surface area contributed by atoms with Crippen molar-refractivity contribution in [2.24, 2.45) is 0 Å². The summed E-state index contributed by atoms with van der Waals surface area (Å²) in [6, 6.07) is 6.41. The number of hydrogen-bond donors (Lipinski definition) is 1. The van der Waals surface area contributed by atoms with Crippen molar-refractivity contribution < 1.29 is 14.3 Å². The van der Waals surface area contributed by atoms with Crippen LogP contribution in [0.4, 0.5) is 4.39 Å². The van der Waals surface area contributed by atoms with E-state index in [0.717, 1.165) is 6.08 Å². The summed E-state index contributed by atoms with van der Waals surface area (Å²) in [7, 11) is 1.69. The van der Waals surface area contributed by atoms with Crippen LogP contribution in [0.1, 0.15) is 5.56 Å². The van der Waals surface area contributed by atoms with Crippen LogP contribution in [0, 0.1) is 5.82 Å². The van der Waals surface area contributed by atoms with Crippen molar-refractivity contribution in [3.05, 3.63) is 47.9 Å². The fourth-order valence-electron chi connectivity index (χ4n) is 1.14. The average Bonchev–Trinajstić information content (AvgIpc) is 2.18. The molecule has 0 unspecified atom stereocenters. The highest BCUT2D eigenvalue weighted by atomic mass is 19.1. The number of carbonyl (C=O) groups is 1. The topological polar surface area (TPSA) is 40.5 Å². The quantitative estimate of drug-likeness (QED) is 0.769. The number of aliphatic carboxylic acids is 1. The summed E-state index contributed by atoms with van der Waals surface area (Å²) >= 11 is 0. The number of carboxylic acids is 1. The first-order chi connectivity index (χ1) is 7.09. The summed E-state index contributed by atoms with van der Waals surface area (Å²) in [5.74, 6) is -1.30. The van der Waals surface area contributed by atoms with E-state index in [1.54, 1.807) is 30.1 Å². The molecule has 80 valence electrons. The van der Waals surface area contributed by atoms with Gasteiger partial charge in [0, 0.05) is 31.4 Å². The van der Waals surface area contributed by atoms with Crippen LogP contribution in [-0.2, 0) is 11.3 Å². The molecule has 0 aromatic heterocycles. The third-order valence-corrected chi connectivity index (χ3v) is 1.85. The maximum atomic E-state index is 13.2. The lowest BCUT2D eigenvalue weighted by Crippen LogP contribution is -2.11. The predicted molar refractivity (Wildman–Crippen MR) is 54.6 cm³/mol. The molecule has 0 bridgehead atoms. The molecule has 0 radical (unpaired) electrons. The lowest BCUT2D eigenvalue weighted by Gasteiger charge is -2.13. The molecule has 0 saturated heterocycles. The molecule has 0 aliphatic rings. The Morgan fingerprint density at radius 1 is 1.53 bits per heavy atom. The number of rotatable bonds is 4.